The number of carbonyl (C=O) groups excluding carboxylic acids is 3. The highest BCUT2D eigenvalue weighted by Gasteiger charge is 2.62. The summed E-state index contributed by atoms with van der Waals surface area (Å²) in [7, 11) is 0. The van der Waals surface area contributed by atoms with Gasteiger partial charge in [-0.15, -0.1) is 11.3 Å². The molecule has 3 amide bonds. The maximum absolute atomic E-state index is 12.7. The molecule has 0 saturated carbocycles. The van der Waals surface area contributed by atoms with E-state index < -0.39 is 11.8 Å². The van der Waals surface area contributed by atoms with E-state index in [0.29, 0.717) is 11.5 Å². The van der Waals surface area contributed by atoms with Crippen LogP contribution in [0.5, 0.6) is 0 Å². The van der Waals surface area contributed by atoms with E-state index in [1.54, 1.807) is 11.3 Å². The van der Waals surface area contributed by atoms with Crippen molar-refractivity contribution in [2.75, 3.05) is 0 Å². The molecule has 5 rings (SSSR count). The van der Waals surface area contributed by atoms with Crippen LogP contribution >= 0.6 is 11.3 Å². The molecule has 1 aromatic heterocycles. The summed E-state index contributed by atoms with van der Waals surface area (Å²) in [6.07, 6.45) is 4.27. The molecule has 0 spiro atoms. The third-order valence-electron chi connectivity index (χ3n) is 6.14. The number of amides is 3. The van der Waals surface area contributed by atoms with E-state index in [2.05, 4.69) is 12.3 Å². The quantitative estimate of drug-likeness (QED) is 0.814. The predicted octanol–water partition coefficient (Wildman–Crippen LogP) is 1.68. The summed E-state index contributed by atoms with van der Waals surface area (Å²) in [5.41, 5.74) is 4.29. The Balaban J connectivity index is 1.37. The number of hydrazine groups is 1. The lowest BCUT2D eigenvalue weighted by atomic mass is 9.81. The van der Waals surface area contributed by atoms with Crippen molar-refractivity contribution in [3.05, 3.63) is 21.4 Å². The number of fused-ring (bicyclic) bond motifs is 6. The first-order valence-corrected chi connectivity index (χ1v) is 9.86. The van der Waals surface area contributed by atoms with E-state index in [1.165, 1.54) is 4.88 Å². The molecule has 1 N–H and O–H groups in total. The Morgan fingerprint density at radius 3 is 2.56 bits per heavy atom. The molecular formula is C18H20N2O4S. The highest BCUT2D eigenvalue weighted by atomic mass is 32.1. The Labute approximate surface area is 149 Å². The van der Waals surface area contributed by atoms with Gasteiger partial charge in [0, 0.05) is 10.3 Å². The molecule has 4 aliphatic rings. The molecule has 6 nitrogen and oxygen atoms in total. The first-order valence-electron chi connectivity index (χ1n) is 8.98. The number of rotatable bonds is 2. The van der Waals surface area contributed by atoms with Crippen LogP contribution in [0.15, 0.2) is 5.38 Å². The summed E-state index contributed by atoms with van der Waals surface area (Å²) >= 11 is 1.60. The van der Waals surface area contributed by atoms with Crippen molar-refractivity contribution in [3.8, 4) is 0 Å². The summed E-state index contributed by atoms with van der Waals surface area (Å²) in [5, 5.41) is 2.82. The van der Waals surface area contributed by atoms with Crippen molar-refractivity contribution in [3.63, 3.8) is 0 Å². The first-order chi connectivity index (χ1) is 12.0. The molecule has 0 unspecified atom stereocenters. The Hall–Kier alpha value is -1.73. The van der Waals surface area contributed by atoms with Crippen LogP contribution in [-0.2, 0) is 27.2 Å². The zero-order chi connectivity index (χ0) is 17.3. The van der Waals surface area contributed by atoms with Gasteiger partial charge in [-0.25, -0.2) is 0 Å². The van der Waals surface area contributed by atoms with Crippen LogP contribution in [0.25, 0.3) is 0 Å². The molecule has 7 heteroatoms. The molecule has 0 aromatic carbocycles. The minimum atomic E-state index is -0.413. The van der Waals surface area contributed by atoms with Crippen LogP contribution in [0.3, 0.4) is 0 Å². The molecule has 25 heavy (non-hydrogen) atoms. The number of imide groups is 1. The van der Waals surface area contributed by atoms with Gasteiger partial charge in [0.25, 0.3) is 17.7 Å². The second kappa shape index (κ2) is 5.38. The van der Waals surface area contributed by atoms with Gasteiger partial charge >= 0.3 is 0 Å². The van der Waals surface area contributed by atoms with Crippen molar-refractivity contribution in [2.45, 2.75) is 51.2 Å². The Kier molecular flexibility index (Phi) is 3.34. The van der Waals surface area contributed by atoms with E-state index in [9.17, 15) is 14.4 Å². The van der Waals surface area contributed by atoms with Crippen molar-refractivity contribution in [1.29, 1.82) is 0 Å². The first kappa shape index (κ1) is 15.5. The Morgan fingerprint density at radius 1 is 1.20 bits per heavy atom. The van der Waals surface area contributed by atoms with Crippen molar-refractivity contribution >= 4 is 29.1 Å². The maximum atomic E-state index is 12.7. The molecule has 0 radical (unpaired) electrons. The molecule has 5 atom stereocenters. The topological polar surface area (TPSA) is 75.7 Å². The highest BCUT2D eigenvalue weighted by Crippen LogP contribution is 2.48. The van der Waals surface area contributed by atoms with Crippen LogP contribution in [0.1, 0.15) is 47.0 Å². The van der Waals surface area contributed by atoms with Crippen molar-refractivity contribution < 1.29 is 19.1 Å². The number of thiophene rings is 1. The highest BCUT2D eigenvalue weighted by molar-refractivity contribution is 7.10. The summed E-state index contributed by atoms with van der Waals surface area (Å²) in [4.78, 5) is 39.3. The lowest BCUT2D eigenvalue weighted by Crippen LogP contribution is -2.48. The zero-order valence-electron chi connectivity index (χ0n) is 14.0. The van der Waals surface area contributed by atoms with Crippen molar-refractivity contribution in [1.82, 2.24) is 10.4 Å². The number of hydrogen-bond donors (Lipinski definition) is 1. The van der Waals surface area contributed by atoms with Crippen LogP contribution in [0.4, 0.5) is 0 Å². The van der Waals surface area contributed by atoms with Crippen LogP contribution in [0, 0.1) is 17.8 Å². The van der Waals surface area contributed by atoms with Crippen molar-refractivity contribution in [2.24, 2.45) is 17.8 Å². The zero-order valence-corrected chi connectivity index (χ0v) is 14.8. The smallest absolute Gasteiger partial charge is 0.271 e. The standard InChI is InChI=1S/C18H20N2O4S/c1-8-2-3-9-10(7-25-13(9)6-8)16(21)19-20-17(22)14-11-4-5-12(24-11)15(14)18(20)23/h7-8,11-12,14-15H,2-6H2,1H3,(H,19,21)/t8-,11-,12+,14+,15+/m1/s1. The van der Waals surface area contributed by atoms with Crippen LogP contribution < -0.4 is 5.43 Å². The average Bonchev–Trinajstić information content (AvgIpc) is 3.34. The number of carbonyl (C=O) groups is 3. The van der Waals surface area contributed by atoms with Gasteiger partial charge in [-0.05, 0) is 43.6 Å². The number of nitrogens with zero attached hydrogens (tertiary/aromatic N) is 1. The Bertz CT molecular complexity index is 760. The van der Waals surface area contributed by atoms with E-state index in [0.717, 1.165) is 42.7 Å². The van der Waals surface area contributed by atoms with Gasteiger partial charge in [0.15, 0.2) is 0 Å². The van der Waals surface area contributed by atoms with Gasteiger partial charge < -0.3 is 4.74 Å². The van der Waals surface area contributed by atoms with Gasteiger partial charge in [0.05, 0.1) is 29.6 Å². The van der Waals surface area contributed by atoms with Gasteiger partial charge in [0.1, 0.15) is 0 Å². The fraction of sp³-hybridized carbons (Fsp3) is 0.611. The summed E-state index contributed by atoms with van der Waals surface area (Å²) in [6, 6.07) is 0. The van der Waals surface area contributed by atoms with E-state index in [-0.39, 0.29) is 29.9 Å². The molecule has 3 saturated heterocycles. The third kappa shape index (κ3) is 2.15. The molecule has 3 aliphatic heterocycles. The monoisotopic (exact) mass is 360 g/mol. The molecule has 3 fully saturated rings. The van der Waals surface area contributed by atoms with Gasteiger partial charge in [-0.2, -0.15) is 5.01 Å². The molecule has 2 bridgehead atoms. The van der Waals surface area contributed by atoms with E-state index >= 15 is 0 Å². The van der Waals surface area contributed by atoms with Crippen LogP contribution in [0.2, 0.25) is 0 Å². The van der Waals surface area contributed by atoms with Gasteiger partial charge in [-0.3, -0.25) is 19.8 Å². The number of nitrogens with one attached hydrogen (secondary N) is 1. The number of ether oxygens (including phenoxy) is 1. The fourth-order valence-corrected chi connectivity index (χ4v) is 6.10. The fourth-order valence-electron chi connectivity index (χ4n) is 4.85. The molecule has 132 valence electrons. The number of hydrogen-bond acceptors (Lipinski definition) is 5. The lowest BCUT2D eigenvalue weighted by molar-refractivity contribution is -0.145. The largest absolute Gasteiger partial charge is 0.373 e. The SMILES string of the molecule is C[C@@H]1CCc2c(C(=O)NN3C(=O)[C@@H]4[C@@H](C3=O)[C@H]3CC[C@@H]4O3)csc2C1. The third-order valence-corrected chi connectivity index (χ3v) is 7.20. The molecule has 4 heterocycles. The average molecular weight is 360 g/mol. The minimum Gasteiger partial charge on any atom is -0.373 e. The van der Waals surface area contributed by atoms with E-state index in [1.807, 2.05) is 5.38 Å². The summed E-state index contributed by atoms with van der Waals surface area (Å²) in [5.74, 6) is -1.16. The van der Waals surface area contributed by atoms with Crippen LogP contribution in [-0.4, -0.2) is 34.9 Å². The second-order valence-corrected chi connectivity index (χ2v) is 8.66. The second-order valence-electron chi connectivity index (χ2n) is 7.69. The van der Waals surface area contributed by atoms with E-state index in [4.69, 9.17) is 4.74 Å². The summed E-state index contributed by atoms with van der Waals surface area (Å²) in [6.45, 7) is 2.22. The minimum absolute atomic E-state index is 0.163. The molecule has 1 aromatic rings. The van der Waals surface area contributed by atoms with Gasteiger partial charge in [0.2, 0.25) is 0 Å². The normalized spacial score (nSPS) is 35.9. The lowest BCUT2D eigenvalue weighted by Gasteiger charge is -2.21. The predicted molar refractivity (Wildman–Crippen MR) is 89.7 cm³/mol. The maximum Gasteiger partial charge on any atom is 0.271 e. The molecule has 1 aliphatic carbocycles. The van der Waals surface area contributed by atoms with Gasteiger partial charge in [-0.1, -0.05) is 6.92 Å². The Morgan fingerprint density at radius 2 is 1.88 bits per heavy atom. The molecular weight excluding hydrogens is 340 g/mol. The summed E-state index contributed by atoms with van der Waals surface area (Å²) < 4.78 is 5.71.